The topological polar surface area (TPSA) is 17.8 Å². The van der Waals surface area contributed by atoms with E-state index >= 15 is 0 Å². The summed E-state index contributed by atoms with van der Waals surface area (Å²) in [4.78, 5) is 4.10. The van der Waals surface area contributed by atoms with Crippen LogP contribution in [0.25, 0.3) is 11.0 Å². The number of alkyl halides is 4. The zero-order valence-electron chi connectivity index (χ0n) is 10.8. The van der Waals surface area contributed by atoms with Gasteiger partial charge in [-0.15, -0.1) is 11.6 Å². The quantitative estimate of drug-likeness (QED) is 0.507. The molecule has 0 amide bonds. The summed E-state index contributed by atoms with van der Waals surface area (Å²) >= 11 is 8.99. The van der Waals surface area contributed by atoms with E-state index in [4.69, 9.17) is 11.6 Å². The highest BCUT2D eigenvalue weighted by atomic mass is 79.9. The van der Waals surface area contributed by atoms with E-state index in [0.717, 1.165) is 10.6 Å². The van der Waals surface area contributed by atoms with Crippen molar-refractivity contribution in [2.24, 2.45) is 0 Å². The molecule has 2 nitrogen and oxygen atoms in total. The Kier molecular flexibility index (Phi) is 3.30. The minimum atomic E-state index is -4.40. The van der Waals surface area contributed by atoms with Gasteiger partial charge in [-0.25, -0.2) is 9.37 Å². The average Bonchev–Trinajstić information content (AvgIpc) is 3.08. The van der Waals surface area contributed by atoms with E-state index in [9.17, 15) is 17.6 Å². The molecule has 1 aromatic heterocycles. The zero-order valence-corrected chi connectivity index (χ0v) is 13.2. The molecule has 21 heavy (non-hydrogen) atoms. The third kappa shape index (κ3) is 2.16. The molecule has 0 N–H and O–H groups in total. The summed E-state index contributed by atoms with van der Waals surface area (Å²) in [6.07, 6.45) is -4.44. The lowest BCUT2D eigenvalue weighted by Gasteiger charge is -2.24. The summed E-state index contributed by atoms with van der Waals surface area (Å²) in [5.41, 5.74) is -1.56. The molecule has 1 aromatic carbocycles. The molecule has 0 aliphatic heterocycles. The Morgan fingerprint density at radius 2 is 2.00 bits per heavy atom. The number of nitrogens with zero attached hydrogens (tertiary/aromatic N) is 2. The summed E-state index contributed by atoms with van der Waals surface area (Å²) in [5.74, 6) is -0.461. The van der Waals surface area contributed by atoms with Crippen LogP contribution in [0.5, 0.6) is 0 Å². The number of imidazole rings is 1. The molecule has 1 fully saturated rings. The van der Waals surface area contributed by atoms with E-state index in [1.165, 1.54) is 6.07 Å². The first kappa shape index (κ1) is 15.1. The van der Waals surface area contributed by atoms with Gasteiger partial charge in [-0.1, -0.05) is 0 Å². The van der Waals surface area contributed by atoms with Gasteiger partial charge in [0.2, 0.25) is 0 Å². The molecule has 1 atom stereocenters. The fraction of sp³-hybridized carbons (Fsp3) is 0.462. The molecule has 1 aliphatic carbocycles. The van der Waals surface area contributed by atoms with Crippen LogP contribution in [0.1, 0.15) is 31.0 Å². The Balaban J connectivity index is 2.35. The second kappa shape index (κ2) is 4.59. The highest BCUT2D eigenvalue weighted by molar-refractivity contribution is 9.10. The van der Waals surface area contributed by atoms with Crippen molar-refractivity contribution in [2.75, 3.05) is 0 Å². The summed E-state index contributed by atoms with van der Waals surface area (Å²) in [6.45, 7) is 1.55. The monoisotopic (exact) mass is 384 g/mol. The summed E-state index contributed by atoms with van der Waals surface area (Å²) in [7, 11) is 0. The first-order valence-electron chi connectivity index (χ1n) is 6.26. The van der Waals surface area contributed by atoms with Crippen LogP contribution in [-0.2, 0) is 5.54 Å². The number of halogens is 6. The van der Waals surface area contributed by atoms with Crippen molar-refractivity contribution in [3.05, 3.63) is 28.2 Å². The van der Waals surface area contributed by atoms with E-state index < -0.39 is 22.9 Å². The lowest BCUT2D eigenvalue weighted by Crippen LogP contribution is -2.36. The van der Waals surface area contributed by atoms with Crippen molar-refractivity contribution in [1.29, 1.82) is 0 Å². The molecule has 1 saturated carbocycles. The molecule has 1 unspecified atom stereocenters. The molecule has 8 heteroatoms. The van der Waals surface area contributed by atoms with E-state index in [0.29, 0.717) is 0 Å². The van der Waals surface area contributed by atoms with Crippen LogP contribution in [0.2, 0.25) is 0 Å². The maximum absolute atomic E-state index is 13.6. The second-order valence-corrected chi connectivity index (χ2v) is 6.71. The third-order valence-corrected chi connectivity index (χ3v) is 4.56. The van der Waals surface area contributed by atoms with Crippen LogP contribution in [0.4, 0.5) is 17.6 Å². The number of rotatable bonds is 2. The fourth-order valence-corrected chi connectivity index (χ4v) is 3.04. The van der Waals surface area contributed by atoms with Gasteiger partial charge in [0.15, 0.2) is 0 Å². The maximum atomic E-state index is 13.6. The third-order valence-electron chi connectivity index (χ3n) is 3.76. The van der Waals surface area contributed by atoms with E-state index in [-0.39, 0.29) is 34.2 Å². The van der Waals surface area contributed by atoms with Crippen LogP contribution in [0.3, 0.4) is 0 Å². The van der Waals surface area contributed by atoms with Gasteiger partial charge in [-0.05, 0) is 41.8 Å². The van der Waals surface area contributed by atoms with Crippen LogP contribution in [0.15, 0.2) is 16.6 Å². The summed E-state index contributed by atoms with van der Waals surface area (Å²) in [6, 6.07) is 2.44. The normalized spacial score (nSPS) is 19.0. The van der Waals surface area contributed by atoms with Gasteiger partial charge in [0.1, 0.15) is 17.2 Å². The van der Waals surface area contributed by atoms with Crippen molar-refractivity contribution < 1.29 is 17.6 Å². The van der Waals surface area contributed by atoms with Crippen molar-refractivity contribution in [2.45, 2.75) is 36.9 Å². The van der Waals surface area contributed by atoms with Crippen molar-refractivity contribution >= 4 is 38.6 Å². The lowest BCUT2D eigenvalue weighted by atomic mass is 10.2. The lowest BCUT2D eigenvalue weighted by molar-refractivity contribution is -0.179. The number of aromatic nitrogens is 2. The highest BCUT2D eigenvalue weighted by Gasteiger charge is 2.66. The first-order valence-corrected chi connectivity index (χ1v) is 7.49. The first-order chi connectivity index (χ1) is 9.67. The molecule has 1 aliphatic rings. The van der Waals surface area contributed by atoms with Gasteiger partial charge in [0, 0.05) is 6.07 Å². The summed E-state index contributed by atoms with van der Waals surface area (Å²) in [5, 5.41) is -0.709. The maximum Gasteiger partial charge on any atom is 0.412 e. The Morgan fingerprint density at radius 1 is 1.38 bits per heavy atom. The van der Waals surface area contributed by atoms with Gasteiger partial charge in [-0.3, -0.25) is 0 Å². The minimum Gasteiger partial charge on any atom is -0.311 e. The fourth-order valence-electron chi connectivity index (χ4n) is 2.56. The molecule has 0 spiro atoms. The zero-order chi connectivity index (χ0) is 15.6. The van der Waals surface area contributed by atoms with Crippen LogP contribution in [0, 0.1) is 5.82 Å². The van der Waals surface area contributed by atoms with Crippen LogP contribution < -0.4 is 0 Å². The Bertz CT molecular complexity index is 719. The molecule has 1 heterocycles. The summed E-state index contributed by atoms with van der Waals surface area (Å²) < 4.78 is 55.1. The molecule has 114 valence electrons. The molecule has 0 saturated heterocycles. The van der Waals surface area contributed by atoms with Crippen molar-refractivity contribution in [3.63, 3.8) is 0 Å². The van der Waals surface area contributed by atoms with Gasteiger partial charge in [-0.2, -0.15) is 13.2 Å². The predicted octanol–water partition coefficient (Wildman–Crippen LogP) is 5.29. The van der Waals surface area contributed by atoms with Crippen molar-refractivity contribution in [3.8, 4) is 0 Å². The van der Waals surface area contributed by atoms with Crippen molar-refractivity contribution in [1.82, 2.24) is 9.55 Å². The smallest absolute Gasteiger partial charge is 0.311 e. The minimum absolute atomic E-state index is 0.0203. The Hall–Kier alpha value is -0.820. The predicted molar refractivity (Wildman–Crippen MR) is 74.9 cm³/mol. The molecule has 2 aromatic rings. The van der Waals surface area contributed by atoms with E-state index in [1.54, 1.807) is 6.92 Å². The molecular weight excluding hydrogens is 376 g/mol. The molecule has 0 radical (unpaired) electrons. The van der Waals surface area contributed by atoms with Crippen LogP contribution >= 0.6 is 27.5 Å². The number of hydrogen-bond donors (Lipinski definition) is 0. The van der Waals surface area contributed by atoms with Gasteiger partial charge in [0.25, 0.3) is 0 Å². The van der Waals surface area contributed by atoms with E-state index in [2.05, 4.69) is 20.9 Å². The SMILES string of the molecule is CC(Cl)c1nc2cc(F)c(Br)cc2n1C1(C(F)(F)F)CC1. The van der Waals surface area contributed by atoms with Crippen LogP contribution in [-0.4, -0.2) is 15.7 Å². The van der Waals surface area contributed by atoms with Gasteiger partial charge in [0.05, 0.1) is 20.9 Å². The second-order valence-electron chi connectivity index (χ2n) is 5.21. The largest absolute Gasteiger partial charge is 0.412 e. The van der Waals surface area contributed by atoms with Gasteiger partial charge >= 0.3 is 6.18 Å². The standard InChI is InChI=1S/C13H10BrClF4N2/c1-6(15)11-20-9-5-8(16)7(14)4-10(9)21(11)12(2-3-12)13(17,18)19/h4-6H,2-3H2,1H3. The average molecular weight is 386 g/mol. The number of benzene rings is 1. The molecule has 0 bridgehead atoms. The highest BCUT2D eigenvalue weighted by Crippen LogP contribution is 2.57. The number of hydrogen-bond acceptors (Lipinski definition) is 1. The van der Waals surface area contributed by atoms with Gasteiger partial charge < -0.3 is 4.57 Å². The Morgan fingerprint density at radius 3 is 2.48 bits per heavy atom. The molecule has 3 rings (SSSR count). The van der Waals surface area contributed by atoms with E-state index in [1.807, 2.05) is 0 Å². The number of fused-ring (bicyclic) bond motifs is 1. The Labute approximate surface area is 131 Å². The molecular formula is C13H10BrClF4N2.